The van der Waals surface area contributed by atoms with Gasteiger partial charge in [-0.25, -0.2) is 4.79 Å². The summed E-state index contributed by atoms with van der Waals surface area (Å²) in [4.78, 5) is 12.7. The molecular weight excluding hydrogens is 338 g/mol. The highest BCUT2D eigenvalue weighted by molar-refractivity contribution is 6.30. The molecule has 1 aliphatic rings. The lowest BCUT2D eigenvalue weighted by Crippen LogP contribution is -2.45. The third-order valence-electron chi connectivity index (χ3n) is 4.45. The predicted molar refractivity (Wildman–Crippen MR) is 97.9 cm³/mol. The topological polar surface area (TPSA) is 47.6 Å². The third-order valence-corrected chi connectivity index (χ3v) is 4.68. The maximum absolute atomic E-state index is 12.7. The summed E-state index contributed by atoms with van der Waals surface area (Å²) in [6, 6.07) is 16.9. The molecule has 0 radical (unpaired) electrons. The largest absolute Gasteiger partial charge is 0.479 e. The summed E-state index contributed by atoms with van der Waals surface area (Å²) in [6.07, 6.45) is 0.771. The lowest BCUT2D eigenvalue weighted by atomic mass is 9.84. The van der Waals surface area contributed by atoms with Crippen molar-refractivity contribution in [2.24, 2.45) is 0 Å². The number of esters is 1. The number of halogens is 1. The second kappa shape index (κ2) is 7.89. The number of hydrogen-bond acceptors (Lipinski definition) is 4. The van der Waals surface area contributed by atoms with Gasteiger partial charge in [-0.05, 0) is 43.8 Å². The first kappa shape index (κ1) is 17.8. The van der Waals surface area contributed by atoms with Crippen molar-refractivity contribution in [1.29, 1.82) is 0 Å². The van der Waals surface area contributed by atoms with Crippen molar-refractivity contribution in [3.8, 4) is 5.75 Å². The molecule has 1 saturated heterocycles. The summed E-state index contributed by atoms with van der Waals surface area (Å²) in [7, 11) is 0. The Labute approximate surface area is 153 Å². The number of ether oxygens (including phenoxy) is 2. The van der Waals surface area contributed by atoms with Crippen LogP contribution >= 0.6 is 11.6 Å². The van der Waals surface area contributed by atoms with Crippen LogP contribution in [0.1, 0.15) is 25.3 Å². The fourth-order valence-corrected chi connectivity index (χ4v) is 3.27. The lowest BCUT2D eigenvalue weighted by molar-refractivity contribution is -0.172. The minimum absolute atomic E-state index is 0.370. The summed E-state index contributed by atoms with van der Waals surface area (Å²) in [5, 5.41) is 3.89. The van der Waals surface area contributed by atoms with E-state index in [0.29, 0.717) is 10.8 Å². The van der Waals surface area contributed by atoms with E-state index in [1.54, 1.807) is 31.2 Å². The fourth-order valence-electron chi connectivity index (χ4n) is 3.09. The zero-order valence-electron chi connectivity index (χ0n) is 14.2. The quantitative estimate of drug-likeness (QED) is 0.822. The Hall–Kier alpha value is -2.04. The maximum atomic E-state index is 12.7. The molecule has 0 bridgehead atoms. The normalized spacial score (nSPS) is 17.5. The molecule has 0 saturated carbocycles. The van der Waals surface area contributed by atoms with Gasteiger partial charge in [0.05, 0.1) is 0 Å². The Morgan fingerprint density at radius 3 is 2.52 bits per heavy atom. The van der Waals surface area contributed by atoms with Crippen LogP contribution in [0, 0.1) is 0 Å². The van der Waals surface area contributed by atoms with Crippen molar-refractivity contribution < 1.29 is 14.3 Å². The Balaban J connectivity index is 1.74. The van der Waals surface area contributed by atoms with Crippen LogP contribution in [-0.4, -0.2) is 25.2 Å². The second-order valence-electron chi connectivity index (χ2n) is 6.25. The predicted octanol–water partition coefficient (Wildman–Crippen LogP) is 3.93. The molecule has 2 aromatic carbocycles. The van der Waals surface area contributed by atoms with Gasteiger partial charge in [-0.2, -0.15) is 0 Å². The fraction of sp³-hybridized carbons (Fsp3) is 0.350. The molecule has 1 heterocycles. The smallest absolute Gasteiger partial charge is 0.347 e. The molecule has 0 spiro atoms. The SMILES string of the molecule is CC(Oc1cccc(Cl)c1)C(=O)OC1(c2ccccc2)CCNCC1. The van der Waals surface area contributed by atoms with Gasteiger partial charge in [0.25, 0.3) is 0 Å². The average molecular weight is 360 g/mol. The van der Waals surface area contributed by atoms with E-state index in [0.717, 1.165) is 31.5 Å². The van der Waals surface area contributed by atoms with E-state index in [2.05, 4.69) is 5.32 Å². The van der Waals surface area contributed by atoms with Gasteiger partial charge in [0.1, 0.15) is 11.4 Å². The van der Waals surface area contributed by atoms with Crippen LogP contribution in [0.15, 0.2) is 54.6 Å². The van der Waals surface area contributed by atoms with E-state index >= 15 is 0 Å². The van der Waals surface area contributed by atoms with Crippen molar-refractivity contribution in [3.63, 3.8) is 0 Å². The number of carbonyl (C=O) groups is 1. The lowest BCUT2D eigenvalue weighted by Gasteiger charge is -2.38. The summed E-state index contributed by atoms with van der Waals surface area (Å²) >= 11 is 5.96. The monoisotopic (exact) mass is 359 g/mol. The summed E-state index contributed by atoms with van der Waals surface area (Å²) in [6.45, 7) is 3.32. The number of hydrogen-bond donors (Lipinski definition) is 1. The molecule has 1 N–H and O–H groups in total. The summed E-state index contributed by atoms with van der Waals surface area (Å²) < 4.78 is 11.7. The highest BCUT2D eigenvalue weighted by atomic mass is 35.5. The van der Waals surface area contributed by atoms with E-state index in [1.165, 1.54) is 0 Å². The second-order valence-corrected chi connectivity index (χ2v) is 6.69. The number of carbonyl (C=O) groups excluding carboxylic acids is 1. The molecule has 5 heteroatoms. The van der Waals surface area contributed by atoms with Crippen molar-refractivity contribution >= 4 is 17.6 Å². The van der Waals surface area contributed by atoms with E-state index in [1.807, 2.05) is 30.3 Å². The molecule has 1 unspecified atom stereocenters. The molecule has 0 amide bonds. The summed E-state index contributed by atoms with van der Waals surface area (Å²) in [5.41, 5.74) is 0.426. The first-order valence-corrected chi connectivity index (χ1v) is 8.88. The van der Waals surface area contributed by atoms with E-state index in [-0.39, 0.29) is 5.97 Å². The van der Waals surface area contributed by atoms with E-state index in [9.17, 15) is 4.79 Å². The van der Waals surface area contributed by atoms with Gasteiger partial charge in [0.15, 0.2) is 6.10 Å². The molecule has 1 fully saturated rings. The van der Waals surface area contributed by atoms with Gasteiger partial charge in [-0.3, -0.25) is 0 Å². The first-order valence-electron chi connectivity index (χ1n) is 8.50. The van der Waals surface area contributed by atoms with Gasteiger partial charge < -0.3 is 14.8 Å². The van der Waals surface area contributed by atoms with E-state index < -0.39 is 11.7 Å². The molecular formula is C20H22ClNO3. The Morgan fingerprint density at radius 1 is 1.12 bits per heavy atom. The molecule has 3 rings (SSSR count). The standard InChI is InChI=1S/C20H22ClNO3/c1-15(24-18-9-5-8-17(21)14-18)19(23)25-20(10-12-22-13-11-20)16-6-3-2-4-7-16/h2-9,14-15,22H,10-13H2,1H3. The van der Waals surface area contributed by atoms with Crippen LogP contribution in [-0.2, 0) is 15.1 Å². The molecule has 0 aromatic heterocycles. The molecule has 1 atom stereocenters. The molecule has 4 nitrogen and oxygen atoms in total. The Kier molecular flexibility index (Phi) is 5.61. The maximum Gasteiger partial charge on any atom is 0.347 e. The molecule has 0 aliphatic carbocycles. The minimum Gasteiger partial charge on any atom is -0.479 e. The van der Waals surface area contributed by atoms with Crippen molar-refractivity contribution in [2.75, 3.05) is 13.1 Å². The highest BCUT2D eigenvalue weighted by Crippen LogP contribution is 2.35. The average Bonchev–Trinajstić information content (AvgIpc) is 2.63. The van der Waals surface area contributed by atoms with Crippen LogP contribution in [0.25, 0.3) is 0 Å². The molecule has 132 valence electrons. The zero-order valence-corrected chi connectivity index (χ0v) is 15.0. The molecule has 1 aliphatic heterocycles. The number of benzene rings is 2. The van der Waals surface area contributed by atoms with Gasteiger partial charge in [0.2, 0.25) is 0 Å². The zero-order chi connectivity index (χ0) is 17.7. The van der Waals surface area contributed by atoms with Crippen LogP contribution in [0.5, 0.6) is 5.75 Å². The highest BCUT2D eigenvalue weighted by Gasteiger charge is 2.39. The molecule has 25 heavy (non-hydrogen) atoms. The van der Waals surface area contributed by atoms with Crippen LogP contribution in [0.2, 0.25) is 5.02 Å². The third kappa shape index (κ3) is 4.33. The van der Waals surface area contributed by atoms with Crippen molar-refractivity contribution in [1.82, 2.24) is 5.32 Å². The minimum atomic E-state index is -0.714. The van der Waals surface area contributed by atoms with Gasteiger partial charge in [0, 0.05) is 17.9 Å². The van der Waals surface area contributed by atoms with Crippen LogP contribution in [0.3, 0.4) is 0 Å². The van der Waals surface area contributed by atoms with Crippen LogP contribution in [0.4, 0.5) is 0 Å². The Morgan fingerprint density at radius 2 is 1.84 bits per heavy atom. The number of nitrogens with one attached hydrogen (secondary N) is 1. The van der Waals surface area contributed by atoms with Gasteiger partial charge in [-0.1, -0.05) is 48.0 Å². The van der Waals surface area contributed by atoms with Gasteiger partial charge >= 0.3 is 5.97 Å². The van der Waals surface area contributed by atoms with Crippen molar-refractivity contribution in [2.45, 2.75) is 31.5 Å². The van der Waals surface area contributed by atoms with Crippen LogP contribution < -0.4 is 10.1 Å². The van der Waals surface area contributed by atoms with Crippen molar-refractivity contribution in [3.05, 3.63) is 65.2 Å². The first-order chi connectivity index (χ1) is 12.1. The van der Waals surface area contributed by atoms with Gasteiger partial charge in [-0.15, -0.1) is 0 Å². The Bertz CT molecular complexity index is 714. The number of piperidine rings is 1. The number of rotatable bonds is 5. The summed E-state index contributed by atoms with van der Waals surface area (Å²) in [5.74, 6) is 0.182. The molecule has 2 aromatic rings. The van der Waals surface area contributed by atoms with E-state index in [4.69, 9.17) is 21.1 Å².